The van der Waals surface area contributed by atoms with Gasteiger partial charge in [-0.25, -0.2) is 0 Å². The second kappa shape index (κ2) is 5.25. The maximum absolute atomic E-state index is 5.96. The molecule has 2 aromatic rings. The van der Waals surface area contributed by atoms with Crippen molar-refractivity contribution in [3.8, 4) is 0 Å². The summed E-state index contributed by atoms with van der Waals surface area (Å²) in [5.41, 5.74) is 9.68. The van der Waals surface area contributed by atoms with E-state index in [1.165, 1.54) is 48.0 Å². The zero-order chi connectivity index (χ0) is 13.2. The molecule has 4 N–H and O–H groups in total. The van der Waals surface area contributed by atoms with Crippen LogP contribution in [0.4, 0.5) is 5.69 Å². The number of benzene rings is 1. The monoisotopic (exact) mass is 257 g/mol. The molecule has 19 heavy (non-hydrogen) atoms. The summed E-state index contributed by atoms with van der Waals surface area (Å²) < 4.78 is 0. The smallest absolute Gasteiger partial charge is 0.0628 e. The number of H-pyrrole nitrogens is 1. The normalized spacial score (nSPS) is 23.7. The number of para-hydroxylation sites is 1. The predicted molar refractivity (Wildman–Crippen MR) is 81.5 cm³/mol. The Bertz CT molecular complexity index is 550. The third-order valence-corrected chi connectivity index (χ3v) is 4.35. The van der Waals surface area contributed by atoms with Gasteiger partial charge in [-0.15, -0.1) is 0 Å². The van der Waals surface area contributed by atoms with Gasteiger partial charge in [-0.3, -0.25) is 0 Å². The van der Waals surface area contributed by atoms with Crippen molar-refractivity contribution in [2.24, 2.45) is 11.7 Å². The van der Waals surface area contributed by atoms with Crippen LogP contribution < -0.4 is 11.1 Å². The molecule has 0 radical (unpaired) electrons. The van der Waals surface area contributed by atoms with E-state index in [0.717, 1.165) is 12.5 Å². The minimum atomic E-state index is 0.436. The van der Waals surface area contributed by atoms with Gasteiger partial charge in [0, 0.05) is 29.2 Å². The fraction of sp³-hybridized carbons (Fsp3) is 0.500. The lowest BCUT2D eigenvalue weighted by atomic mass is 9.86. The van der Waals surface area contributed by atoms with Crippen LogP contribution in [0.1, 0.15) is 31.4 Å². The molecule has 3 rings (SSSR count). The van der Waals surface area contributed by atoms with Crippen LogP contribution in [0, 0.1) is 12.8 Å². The summed E-state index contributed by atoms with van der Waals surface area (Å²) >= 11 is 0. The molecular formula is C16H23N3. The van der Waals surface area contributed by atoms with Gasteiger partial charge in [-0.2, -0.15) is 0 Å². The van der Waals surface area contributed by atoms with E-state index in [1.54, 1.807) is 0 Å². The highest BCUT2D eigenvalue weighted by atomic mass is 14.9. The van der Waals surface area contributed by atoms with Gasteiger partial charge in [0.1, 0.15) is 0 Å². The zero-order valence-electron chi connectivity index (χ0n) is 11.6. The third-order valence-electron chi connectivity index (χ3n) is 4.35. The number of aromatic nitrogens is 1. The second-order valence-electron chi connectivity index (χ2n) is 5.83. The maximum Gasteiger partial charge on any atom is 0.0628 e. The number of nitrogens with one attached hydrogen (secondary N) is 2. The molecule has 0 saturated heterocycles. The van der Waals surface area contributed by atoms with E-state index >= 15 is 0 Å². The third kappa shape index (κ3) is 2.61. The van der Waals surface area contributed by atoms with Crippen LogP contribution in [0.5, 0.6) is 0 Å². The average Bonchev–Trinajstić information content (AvgIpc) is 2.74. The van der Waals surface area contributed by atoms with Gasteiger partial charge in [-0.05, 0) is 44.6 Å². The molecule has 1 heterocycles. The van der Waals surface area contributed by atoms with Gasteiger partial charge in [0.2, 0.25) is 0 Å². The number of hydrogen-bond donors (Lipinski definition) is 3. The first-order chi connectivity index (χ1) is 9.24. The van der Waals surface area contributed by atoms with Crippen molar-refractivity contribution >= 4 is 16.6 Å². The molecule has 1 aliphatic rings. The minimum absolute atomic E-state index is 0.436. The van der Waals surface area contributed by atoms with Crippen molar-refractivity contribution in [2.45, 2.75) is 38.6 Å². The van der Waals surface area contributed by atoms with Crippen molar-refractivity contribution in [1.29, 1.82) is 0 Å². The molecule has 1 aromatic carbocycles. The summed E-state index contributed by atoms with van der Waals surface area (Å²) in [5.74, 6) is 0.771. The molecule has 0 unspecified atom stereocenters. The molecule has 1 aliphatic carbocycles. The lowest BCUT2D eigenvalue weighted by molar-refractivity contribution is 0.339. The Morgan fingerprint density at radius 3 is 2.74 bits per heavy atom. The molecule has 3 heteroatoms. The molecule has 102 valence electrons. The van der Waals surface area contributed by atoms with E-state index in [2.05, 4.69) is 41.5 Å². The molecule has 1 fully saturated rings. The van der Waals surface area contributed by atoms with Crippen molar-refractivity contribution < 1.29 is 0 Å². The molecule has 0 amide bonds. The summed E-state index contributed by atoms with van der Waals surface area (Å²) in [6.07, 6.45) is 4.88. The molecule has 3 nitrogen and oxygen atoms in total. The Kier molecular flexibility index (Phi) is 3.47. The van der Waals surface area contributed by atoms with E-state index in [9.17, 15) is 0 Å². The molecular weight excluding hydrogens is 234 g/mol. The first kappa shape index (κ1) is 12.5. The molecule has 1 aromatic heterocycles. The van der Waals surface area contributed by atoms with E-state index < -0.39 is 0 Å². The maximum atomic E-state index is 5.96. The largest absolute Gasteiger partial charge is 0.383 e. The Hall–Kier alpha value is -1.48. The fourth-order valence-corrected chi connectivity index (χ4v) is 3.14. The molecule has 0 atom stereocenters. The highest BCUT2D eigenvalue weighted by Gasteiger charge is 2.18. The van der Waals surface area contributed by atoms with Gasteiger partial charge in [0.25, 0.3) is 0 Å². The van der Waals surface area contributed by atoms with Crippen LogP contribution in [0.15, 0.2) is 24.3 Å². The number of anilines is 1. The lowest BCUT2D eigenvalue weighted by Crippen LogP contribution is -2.29. The van der Waals surface area contributed by atoms with Crippen LogP contribution in [0.2, 0.25) is 0 Å². The number of hydrogen-bond acceptors (Lipinski definition) is 2. The van der Waals surface area contributed by atoms with Gasteiger partial charge < -0.3 is 16.0 Å². The highest BCUT2D eigenvalue weighted by molar-refractivity contribution is 5.94. The number of rotatable bonds is 3. The molecule has 1 saturated carbocycles. The van der Waals surface area contributed by atoms with E-state index in [-0.39, 0.29) is 0 Å². The van der Waals surface area contributed by atoms with Crippen LogP contribution >= 0.6 is 0 Å². The van der Waals surface area contributed by atoms with Crippen LogP contribution in [0.3, 0.4) is 0 Å². The fourth-order valence-electron chi connectivity index (χ4n) is 3.14. The van der Waals surface area contributed by atoms with Crippen LogP contribution in [-0.2, 0) is 0 Å². The molecule has 0 aliphatic heterocycles. The van der Waals surface area contributed by atoms with Crippen molar-refractivity contribution in [1.82, 2.24) is 4.98 Å². The molecule has 0 spiro atoms. The first-order valence-corrected chi connectivity index (χ1v) is 7.31. The van der Waals surface area contributed by atoms with Crippen LogP contribution in [-0.4, -0.2) is 17.6 Å². The first-order valence-electron chi connectivity index (χ1n) is 7.31. The van der Waals surface area contributed by atoms with Gasteiger partial charge in [0.05, 0.1) is 5.69 Å². The quantitative estimate of drug-likeness (QED) is 0.789. The number of aryl methyl sites for hydroxylation is 1. The Labute approximate surface area is 114 Å². The van der Waals surface area contributed by atoms with Crippen molar-refractivity contribution in [3.63, 3.8) is 0 Å². The minimum Gasteiger partial charge on any atom is -0.383 e. The predicted octanol–water partition coefficient (Wildman–Crippen LogP) is 3.41. The van der Waals surface area contributed by atoms with Crippen LogP contribution in [0.25, 0.3) is 10.9 Å². The Morgan fingerprint density at radius 2 is 1.95 bits per heavy atom. The number of fused-ring (bicyclic) bond motifs is 1. The highest BCUT2D eigenvalue weighted by Crippen LogP contribution is 2.29. The van der Waals surface area contributed by atoms with Crippen molar-refractivity contribution in [2.75, 3.05) is 11.9 Å². The lowest BCUT2D eigenvalue weighted by Gasteiger charge is -2.26. The SMILES string of the molecule is Cc1[nH]c2ccccc2c1NCC1CCC(N)CC1. The zero-order valence-corrected chi connectivity index (χ0v) is 11.6. The van der Waals surface area contributed by atoms with E-state index in [1.807, 2.05) is 0 Å². The number of aromatic amines is 1. The summed E-state index contributed by atoms with van der Waals surface area (Å²) in [4.78, 5) is 3.44. The summed E-state index contributed by atoms with van der Waals surface area (Å²) in [7, 11) is 0. The van der Waals surface area contributed by atoms with E-state index in [0.29, 0.717) is 6.04 Å². The Balaban J connectivity index is 1.70. The van der Waals surface area contributed by atoms with Gasteiger partial charge >= 0.3 is 0 Å². The molecule has 0 bridgehead atoms. The van der Waals surface area contributed by atoms with Crippen molar-refractivity contribution in [3.05, 3.63) is 30.0 Å². The standard InChI is InChI=1S/C16H23N3/c1-11-16(14-4-2-3-5-15(14)19-11)18-10-12-6-8-13(17)9-7-12/h2-5,12-13,18-19H,6-10,17H2,1H3. The van der Waals surface area contributed by atoms with Gasteiger partial charge in [0.15, 0.2) is 0 Å². The number of nitrogens with two attached hydrogens (primary N) is 1. The summed E-state index contributed by atoms with van der Waals surface area (Å²) in [5, 5.41) is 4.95. The summed E-state index contributed by atoms with van der Waals surface area (Å²) in [6.45, 7) is 3.20. The topological polar surface area (TPSA) is 53.8 Å². The average molecular weight is 257 g/mol. The Morgan fingerprint density at radius 1 is 1.21 bits per heavy atom. The van der Waals surface area contributed by atoms with E-state index in [4.69, 9.17) is 5.73 Å². The second-order valence-corrected chi connectivity index (χ2v) is 5.83. The van der Waals surface area contributed by atoms with Gasteiger partial charge in [-0.1, -0.05) is 18.2 Å². The summed E-state index contributed by atoms with van der Waals surface area (Å²) in [6, 6.07) is 8.92.